The second-order valence-electron chi connectivity index (χ2n) is 13.8. The Balaban J connectivity index is 1.28. The SMILES string of the molecule is C=C(C)[C@]12C[C@@H](C)[C@@]34O[C@](Cc5ccccc5)(O[C@@H]1[C@@H]3C=C(COC(=O)C(O)c1ccc(O)c(OC)c1)C[C@]1(O)C(=O)C(C)=C[C@@H]41)O2. The van der Waals surface area contributed by atoms with Crippen molar-refractivity contribution in [2.45, 2.75) is 75.0 Å². The Kier molecular flexibility index (Phi) is 7.35. The van der Waals surface area contributed by atoms with Gasteiger partial charge in [0.05, 0.1) is 19.1 Å². The molecule has 1 saturated carbocycles. The number of hydrogen-bond acceptors (Lipinski definition) is 10. The topological polar surface area (TPSA) is 141 Å². The lowest BCUT2D eigenvalue weighted by Crippen LogP contribution is -2.70. The highest BCUT2D eigenvalue weighted by molar-refractivity contribution is 6.04. The van der Waals surface area contributed by atoms with E-state index in [4.69, 9.17) is 23.7 Å². The number of ketones is 1. The van der Waals surface area contributed by atoms with Crippen molar-refractivity contribution in [1.82, 2.24) is 0 Å². The van der Waals surface area contributed by atoms with Gasteiger partial charge in [-0.05, 0) is 66.2 Å². The minimum atomic E-state index is -1.87. The number of ether oxygens (including phenoxy) is 5. The van der Waals surface area contributed by atoms with E-state index in [1.807, 2.05) is 49.4 Å². The fourth-order valence-corrected chi connectivity index (χ4v) is 8.73. The summed E-state index contributed by atoms with van der Waals surface area (Å²) in [4.78, 5) is 26.9. The normalized spacial score (nSPS) is 37.3. The van der Waals surface area contributed by atoms with Crippen LogP contribution in [0.15, 0.2) is 84.0 Å². The number of benzene rings is 2. The monoisotopic (exact) mass is 644 g/mol. The zero-order chi connectivity index (χ0) is 33.5. The summed E-state index contributed by atoms with van der Waals surface area (Å²) < 4.78 is 31.5. The Bertz CT molecular complexity index is 1710. The Hall–Kier alpha value is -3.80. The number of rotatable bonds is 8. The Labute approximate surface area is 273 Å². The van der Waals surface area contributed by atoms with Gasteiger partial charge >= 0.3 is 5.97 Å². The molecule has 0 aromatic heterocycles. The second kappa shape index (κ2) is 10.9. The highest BCUT2D eigenvalue weighted by atomic mass is 16.9. The minimum absolute atomic E-state index is 0.0945. The summed E-state index contributed by atoms with van der Waals surface area (Å²) in [6.45, 7) is 9.70. The molecule has 1 unspecified atom stereocenters. The molecule has 10 nitrogen and oxygen atoms in total. The predicted octanol–water partition coefficient (Wildman–Crippen LogP) is 4.24. The number of aromatic hydroxyl groups is 1. The number of Topliss-reactive ketones (excluding diaryl/α,β-unsaturated/α-hetero) is 1. The van der Waals surface area contributed by atoms with Crippen LogP contribution in [-0.2, 0) is 35.0 Å². The highest BCUT2D eigenvalue weighted by Gasteiger charge is 2.79. The summed E-state index contributed by atoms with van der Waals surface area (Å²) in [5.74, 6) is -4.34. The lowest BCUT2D eigenvalue weighted by molar-refractivity contribution is -0.421. The van der Waals surface area contributed by atoms with Crippen LogP contribution in [0.25, 0.3) is 0 Å². The summed E-state index contributed by atoms with van der Waals surface area (Å²) in [6, 6.07) is 13.8. The van der Waals surface area contributed by atoms with E-state index in [0.717, 1.165) is 11.1 Å². The van der Waals surface area contributed by atoms with Crippen molar-refractivity contribution < 1.29 is 48.6 Å². The van der Waals surface area contributed by atoms with Crippen molar-refractivity contribution in [3.8, 4) is 11.5 Å². The molecule has 3 fully saturated rings. The Morgan fingerprint density at radius 1 is 1.15 bits per heavy atom. The molecule has 7 rings (SSSR count). The van der Waals surface area contributed by atoms with Gasteiger partial charge in [-0.25, -0.2) is 4.79 Å². The van der Waals surface area contributed by atoms with E-state index in [1.165, 1.54) is 25.3 Å². The lowest BCUT2D eigenvalue weighted by atomic mass is 9.55. The summed E-state index contributed by atoms with van der Waals surface area (Å²) in [5.41, 5.74) is -1.07. The van der Waals surface area contributed by atoms with E-state index in [1.54, 1.807) is 6.92 Å². The van der Waals surface area contributed by atoms with Gasteiger partial charge in [-0.3, -0.25) is 4.79 Å². The van der Waals surface area contributed by atoms with Crippen LogP contribution in [0.1, 0.15) is 50.8 Å². The van der Waals surface area contributed by atoms with Crippen molar-refractivity contribution in [1.29, 1.82) is 0 Å². The molecule has 47 heavy (non-hydrogen) atoms. The fourth-order valence-electron chi connectivity index (χ4n) is 8.73. The standard InChI is InChI=1S/C37H40O10/c1-20(2)35-16-22(4)37-26(32(35)45-36(46-35,47-37)18-23-9-7-6-8-10-23)14-24(17-34(42)29(37)13-21(3)31(34)40)19-44-33(41)30(39)25-11-12-27(38)28(15-25)43-5/h6-15,22,26,29-30,32,38-39,42H,1,16-19H2,2-5H3/t22-,26+,29-,30?,32-,34-,35-,36-,37-/m1/s1. The van der Waals surface area contributed by atoms with Crippen LogP contribution in [0, 0.1) is 17.8 Å². The smallest absolute Gasteiger partial charge is 0.339 e. The molecule has 0 radical (unpaired) electrons. The van der Waals surface area contributed by atoms with Gasteiger partial charge in [-0.15, -0.1) is 0 Å². The number of hydrogen-bond donors (Lipinski definition) is 3. The quantitative estimate of drug-likeness (QED) is 0.282. The van der Waals surface area contributed by atoms with Gasteiger partial charge in [0.15, 0.2) is 23.4 Å². The van der Waals surface area contributed by atoms with Crippen molar-refractivity contribution >= 4 is 11.8 Å². The average molecular weight is 645 g/mol. The average Bonchev–Trinajstić information content (AvgIpc) is 3.35. The zero-order valence-corrected chi connectivity index (χ0v) is 26.9. The van der Waals surface area contributed by atoms with Crippen LogP contribution in [0.5, 0.6) is 11.5 Å². The highest BCUT2D eigenvalue weighted by Crippen LogP contribution is 2.68. The van der Waals surface area contributed by atoms with Crippen molar-refractivity contribution in [3.05, 3.63) is 95.1 Å². The summed E-state index contributed by atoms with van der Waals surface area (Å²) >= 11 is 0. The molecule has 2 heterocycles. The van der Waals surface area contributed by atoms with Crippen LogP contribution in [0.4, 0.5) is 0 Å². The maximum Gasteiger partial charge on any atom is 0.339 e. The second-order valence-corrected chi connectivity index (χ2v) is 13.8. The van der Waals surface area contributed by atoms with E-state index in [2.05, 4.69) is 13.5 Å². The summed E-state index contributed by atoms with van der Waals surface area (Å²) in [6.07, 6.45) is 2.20. The van der Waals surface area contributed by atoms with E-state index < -0.39 is 58.6 Å². The molecule has 0 spiro atoms. The van der Waals surface area contributed by atoms with Crippen molar-refractivity contribution in [3.63, 3.8) is 0 Å². The number of aliphatic hydroxyl groups excluding tert-OH is 1. The Morgan fingerprint density at radius 2 is 1.89 bits per heavy atom. The molecule has 0 amide bonds. The fraction of sp³-hybridized carbons (Fsp3) is 0.459. The molecule has 2 aromatic rings. The molecule has 5 aliphatic rings. The van der Waals surface area contributed by atoms with Gasteiger partial charge in [0.1, 0.15) is 23.9 Å². The molecule has 248 valence electrons. The van der Waals surface area contributed by atoms with Crippen LogP contribution < -0.4 is 4.74 Å². The first-order valence-electron chi connectivity index (χ1n) is 15.9. The number of carbonyl (C=O) groups excluding carboxylic acids is 2. The van der Waals surface area contributed by atoms with Crippen molar-refractivity contribution in [2.75, 3.05) is 13.7 Å². The maximum absolute atomic E-state index is 13.8. The van der Waals surface area contributed by atoms with Crippen LogP contribution >= 0.6 is 0 Å². The predicted molar refractivity (Wildman–Crippen MR) is 168 cm³/mol. The van der Waals surface area contributed by atoms with Crippen molar-refractivity contribution in [2.24, 2.45) is 17.8 Å². The summed E-state index contributed by atoms with van der Waals surface area (Å²) in [5, 5.41) is 33.1. The number of phenols is 1. The maximum atomic E-state index is 13.8. The number of fused-ring (bicyclic) bond motifs is 2. The molecule has 2 aliphatic heterocycles. The van der Waals surface area contributed by atoms with E-state index in [-0.39, 0.29) is 42.4 Å². The lowest BCUT2D eigenvalue weighted by Gasteiger charge is -2.59. The molecular weight excluding hydrogens is 604 g/mol. The van der Waals surface area contributed by atoms with E-state index in [0.29, 0.717) is 17.6 Å². The van der Waals surface area contributed by atoms with Crippen LogP contribution in [0.2, 0.25) is 0 Å². The van der Waals surface area contributed by atoms with E-state index >= 15 is 0 Å². The van der Waals surface area contributed by atoms with Gasteiger partial charge in [0, 0.05) is 18.3 Å². The third kappa shape index (κ3) is 4.57. The first kappa shape index (κ1) is 31.8. The largest absolute Gasteiger partial charge is 0.504 e. The van der Waals surface area contributed by atoms with E-state index in [9.17, 15) is 24.9 Å². The first-order chi connectivity index (χ1) is 22.3. The number of methoxy groups -OCH3 is 1. The number of esters is 1. The molecule has 2 saturated heterocycles. The van der Waals surface area contributed by atoms with Gasteiger partial charge in [0.25, 0.3) is 5.97 Å². The molecular formula is C37H40O10. The zero-order valence-electron chi connectivity index (χ0n) is 26.9. The molecule has 3 aliphatic carbocycles. The minimum Gasteiger partial charge on any atom is -0.504 e. The summed E-state index contributed by atoms with van der Waals surface area (Å²) in [7, 11) is 1.36. The number of phenolic OH excluding ortho intramolecular Hbond substituents is 1. The molecule has 9 atom stereocenters. The molecule has 10 heteroatoms. The van der Waals surface area contributed by atoms with Crippen LogP contribution in [0.3, 0.4) is 0 Å². The first-order valence-corrected chi connectivity index (χ1v) is 15.9. The van der Waals surface area contributed by atoms with Gasteiger partial charge < -0.3 is 39.0 Å². The molecule has 3 bridgehead atoms. The number of carbonyl (C=O) groups is 2. The third-order valence-corrected chi connectivity index (χ3v) is 10.9. The van der Waals surface area contributed by atoms with Crippen LogP contribution in [-0.4, -0.2) is 69.7 Å². The molecule has 3 N–H and O–H groups in total. The van der Waals surface area contributed by atoms with Gasteiger partial charge in [0.2, 0.25) is 0 Å². The number of aliphatic hydroxyl groups is 2. The van der Waals surface area contributed by atoms with Gasteiger partial charge in [-0.2, -0.15) is 0 Å². The third-order valence-electron chi connectivity index (χ3n) is 10.9. The van der Waals surface area contributed by atoms with Gasteiger partial charge in [-0.1, -0.05) is 62.1 Å². The Morgan fingerprint density at radius 3 is 2.60 bits per heavy atom. The molecule has 2 aromatic carbocycles.